The molecule has 0 bridgehead atoms. The van der Waals surface area contributed by atoms with E-state index in [1.165, 1.54) is 17.4 Å². The quantitative estimate of drug-likeness (QED) is 0.835. The Kier molecular flexibility index (Phi) is 4.30. The third-order valence-corrected chi connectivity index (χ3v) is 5.49. The summed E-state index contributed by atoms with van der Waals surface area (Å²) in [6.07, 6.45) is 4.48. The number of benzene rings is 1. The lowest BCUT2D eigenvalue weighted by Gasteiger charge is -2.37. The van der Waals surface area contributed by atoms with Crippen LogP contribution < -0.4 is 5.76 Å². The lowest BCUT2D eigenvalue weighted by molar-refractivity contribution is -0.147. The summed E-state index contributed by atoms with van der Waals surface area (Å²) in [6.45, 7) is 3.01. The number of piperazine rings is 1. The molecule has 0 N–H and O–H groups in total. The van der Waals surface area contributed by atoms with E-state index in [1.807, 2.05) is 24.0 Å². The summed E-state index contributed by atoms with van der Waals surface area (Å²) < 4.78 is 6.56. The highest BCUT2D eigenvalue weighted by Crippen LogP contribution is 2.25. The monoisotopic (exact) mass is 357 g/mol. The average Bonchev–Trinajstić information content (AvgIpc) is 3.24. The molecule has 1 aliphatic heterocycles. The SMILES string of the molecule is Cc1ccc2oc(=O)n(CC(=O)N3CCN(C4CCCC4)C(=O)C3)c2c1. The summed E-state index contributed by atoms with van der Waals surface area (Å²) >= 11 is 0. The summed E-state index contributed by atoms with van der Waals surface area (Å²) in [5, 5.41) is 0. The first-order valence-corrected chi connectivity index (χ1v) is 9.20. The fourth-order valence-electron chi connectivity index (χ4n) is 4.06. The second-order valence-corrected chi connectivity index (χ2v) is 7.27. The molecular weight excluding hydrogens is 334 g/mol. The smallest absolute Gasteiger partial charge is 0.408 e. The van der Waals surface area contributed by atoms with E-state index in [-0.39, 0.29) is 24.9 Å². The van der Waals surface area contributed by atoms with Crippen LogP contribution in [0.1, 0.15) is 31.2 Å². The molecule has 1 aromatic carbocycles. The van der Waals surface area contributed by atoms with Gasteiger partial charge in [-0.05, 0) is 37.5 Å². The number of oxazole rings is 1. The van der Waals surface area contributed by atoms with Crippen molar-refractivity contribution in [2.45, 2.75) is 45.2 Å². The Morgan fingerprint density at radius 1 is 1.19 bits per heavy atom. The van der Waals surface area contributed by atoms with Gasteiger partial charge in [-0.15, -0.1) is 0 Å². The van der Waals surface area contributed by atoms with Crippen LogP contribution in [0.2, 0.25) is 0 Å². The largest absolute Gasteiger partial charge is 0.420 e. The third kappa shape index (κ3) is 3.02. The molecule has 4 rings (SSSR count). The minimum absolute atomic E-state index is 0.0109. The highest BCUT2D eigenvalue weighted by atomic mass is 16.4. The molecule has 2 amide bonds. The van der Waals surface area contributed by atoms with Crippen LogP contribution in [0.3, 0.4) is 0 Å². The number of aromatic nitrogens is 1. The predicted molar refractivity (Wildman–Crippen MR) is 95.8 cm³/mol. The Bertz CT molecular complexity index is 907. The van der Waals surface area contributed by atoms with Gasteiger partial charge in [0.2, 0.25) is 11.8 Å². The van der Waals surface area contributed by atoms with Crippen molar-refractivity contribution in [1.29, 1.82) is 0 Å². The molecule has 138 valence electrons. The van der Waals surface area contributed by atoms with Gasteiger partial charge in [-0.2, -0.15) is 0 Å². The van der Waals surface area contributed by atoms with Gasteiger partial charge in [-0.3, -0.25) is 14.2 Å². The van der Waals surface area contributed by atoms with E-state index in [2.05, 4.69) is 0 Å². The lowest BCUT2D eigenvalue weighted by Crippen LogP contribution is -2.55. The predicted octanol–water partition coefficient (Wildman–Crippen LogP) is 1.52. The summed E-state index contributed by atoms with van der Waals surface area (Å²) in [5.41, 5.74) is 2.06. The van der Waals surface area contributed by atoms with Crippen LogP contribution in [0.5, 0.6) is 0 Å². The van der Waals surface area contributed by atoms with E-state index in [0.717, 1.165) is 18.4 Å². The van der Waals surface area contributed by atoms with Gasteiger partial charge in [-0.1, -0.05) is 18.9 Å². The molecule has 7 heteroatoms. The second-order valence-electron chi connectivity index (χ2n) is 7.27. The zero-order valence-electron chi connectivity index (χ0n) is 14.9. The highest BCUT2D eigenvalue weighted by Gasteiger charge is 2.33. The van der Waals surface area contributed by atoms with Crippen molar-refractivity contribution in [1.82, 2.24) is 14.4 Å². The number of carbonyl (C=O) groups is 2. The first-order valence-electron chi connectivity index (χ1n) is 9.20. The first-order chi connectivity index (χ1) is 12.5. The van der Waals surface area contributed by atoms with Crippen molar-refractivity contribution in [2.75, 3.05) is 19.6 Å². The number of amides is 2. The van der Waals surface area contributed by atoms with Gasteiger partial charge in [-0.25, -0.2) is 4.79 Å². The normalized spacial score (nSPS) is 18.9. The van der Waals surface area contributed by atoms with Crippen LogP contribution in [-0.2, 0) is 16.1 Å². The van der Waals surface area contributed by atoms with E-state index < -0.39 is 5.76 Å². The number of carbonyl (C=O) groups excluding carboxylic acids is 2. The standard InChI is InChI=1S/C19H23N3O4/c1-13-6-7-16-15(10-13)22(19(25)26-16)12-17(23)20-8-9-21(18(24)11-20)14-4-2-3-5-14/h6-7,10,14H,2-5,8-9,11-12H2,1H3. The molecule has 1 saturated heterocycles. The van der Waals surface area contributed by atoms with E-state index in [9.17, 15) is 14.4 Å². The van der Waals surface area contributed by atoms with Crippen molar-refractivity contribution < 1.29 is 14.0 Å². The number of hydrogen-bond donors (Lipinski definition) is 0. The maximum absolute atomic E-state index is 12.7. The number of rotatable bonds is 3. The van der Waals surface area contributed by atoms with Crippen molar-refractivity contribution in [3.05, 3.63) is 34.3 Å². The Morgan fingerprint density at radius 2 is 1.96 bits per heavy atom. The summed E-state index contributed by atoms with van der Waals surface area (Å²) in [6, 6.07) is 5.76. The minimum atomic E-state index is -0.546. The van der Waals surface area contributed by atoms with Gasteiger partial charge in [0.1, 0.15) is 6.54 Å². The van der Waals surface area contributed by atoms with Crippen LogP contribution in [0.15, 0.2) is 27.4 Å². The molecule has 0 unspecified atom stereocenters. The summed E-state index contributed by atoms with van der Waals surface area (Å²) in [5.74, 6) is -0.762. The second kappa shape index (κ2) is 6.63. The number of aryl methyl sites for hydroxylation is 1. The third-order valence-electron chi connectivity index (χ3n) is 5.49. The molecule has 1 aromatic heterocycles. The number of fused-ring (bicyclic) bond motifs is 1. The minimum Gasteiger partial charge on any atom is -0.408 e. The van der Waals surface area contributed by atoms with Gasteiger partial charge in [0.15, 0.2) is 5.58 Å². The van der Waals surface area contributed by atoms with Crippen LogP contribution in [0.4, 0.5) is 0 Å². The van der Waals surface area contributed by atoms with Crippen LogP contribution in [0.25, 0.3) is 11.1 Å². The van der Waals surface area contributed by atoms with Gasteiger partial charge in [0.05, 0.1) is 12.1 Å². The molecule has 2 aromatic rings. The van der Waals surface area contributed by atoms with Crippen molar-refractivity contribution in [3.63, 3.8) is 0 Å². The van der Waals surface area contributed by atoms with Crippen molar-refractivity contribution >= 4 is 22.9 Å². The van der Waals surface area contributed by atoms with Gasteiger partial charge in [0.25, 0.3) is 0 Å². The molecular formula is C19H23N3O4. The zero-order valence-corrected chi connectivity index (χ0v) is 14.9. The molecule has 26 heavy (non-hydrogen) atoms. The van der Waals surface area contributed by atoms with Crippen LogP contribution in [0, 0.1) is 6.92 Å². The van der Waals surface area contributed by atoms with Gasteiger partial charge >= 0.3 is 5.76 Å². The molecule has 2 fully saturated rings. The van der Waals surface area contributed by atoms with Gasteiger partial charge in [0, 0.05) is 19.1 Å². The zero-order chi connectivity index (χ0) is 18.3. The molecule has 1 saturated carbocycles. The number of nitrogens with zero attached hydrogens (tertiary/aromatic N) is 3. The Labute approximate surface area is 151 Å². The van der Waals surface area contributed by atoms with Crippen LogP contribution >= 0.6 is 0 Å². The van der Waals surface area contributed by atoms with Crippen LogP contribution in [-0.4, -0.2) is 51.9 Å². The van der Waals surface area contributed by atoms with E-state index in [1.54, 1.807) is 11.0 Å². The topological polar surface area (TPSA) is 75.8 Å². The summed E-state index contributed by atoms with van der Waals surface area (Å²) in [4.78, 5) is 40.7. The number of hydrogen-bond acceptors (Lipinski definition) is 4. The molecule has 0 radical (unpaired) electrons. The van der Waals surface area contributed by atoms with Crippen molar-refractivity contribution in [2.24, 2.45) is 0 Å². The van der Waals surface area contributed by atoms with E-state index >= 15 is 0 Å². The molecule has 2 heterocycles. The van der Waals surface area contributed by atoms with E-state index in [4.69, 9.17) is 4.42 Å². The highest BCUT2D eigenvalue weighted by molar-refractivity contribution is 5.87. The Balaban J connectivity index is 1.48. The molecule has 1 aliphatic carbocycles. The summed E-state index contributed by atoms with van der Waals surface area (Å²) in [7, 11) is 0. The van der Waals surface area contributed by atoms with E-state index in [0.29, 0.717) is 30.2 Å². The molecule has 7 nitrogen and oxygen atoms in total. The van der Waals surface area contributed by atoms with Crippen molar-refractivity contribution in [3.8, 4) is 0 Å². The average molecular weight is 357 g/mol. The Hall–Kier alpha value is -2.57. The molecule has 2 aliphatic rings. The maximum atomic E-state index is 12.7. The van der Waals surface area contributed by atoms with Gasteiger partial charge < -0.3 is 14.2 Å². The fraction of sp³-hybridized carbons (Fsp3) is 0.526. The molecule has 0 spiro atoms. The first kappa shape index (κ1) is 16.9. The molecule has 0 atom stereocenters. The lowest BCUT2D eigenvalue weighted by atomic mass is 10.1. The fourth-order valence-corrected chi connectivity index (χ4v) is 4.06. The maximum Gasteiger partial charge on any atom is 0.420 e. The Morgan fingerprint density at radius 3 is 2.69 bits per heavy atom.